The van der Waals surface area contributed by atoms with Gasteiger partial charge in [0.2, 0.25) is 5.82 Å². The molecule has 0 bridgehead atoms. The molecular formula is C9H7F3O3. The molecule has 0 aliphatic heterocycles. The van der Waals surface area contributed by atoms with E-state index in [0.717, 1.165) is 13.2 Å². The Morgan fingerprint density at radius 1 is 1.33 bits per heavy atom. The fourth-order valence-corrected chi connectivity index (χ4v) is 1.07. The third-order valence-electron chi connectivity index (χ3n) is 1.75. The summed E-state index contributed by atoms with van der Waals surface area (Å²) in [6, 6.07) is 0.821. The summed E-state index contributed by atoms with van der Waals surface area (Å²) in [6.07, 6.45) is -0.737. The molecule has 15 heavy (non-hydrogen) atoms. The number of carbonyl (C=O) groups is 1. The average Bonchev–Trinajstić information content (AvgIpc) is 2.18. The number of benzene rings is 1. The van der Waals surface area contributed by atoms with Crippen LogP contribution in [0.25, 0.3) is 0 Å². The lowest BCUT2D eigenvalue weighted by atomic mass is 10.1. The molecule has 82 valence electrons. The zero-order valence-corrected chi connectivity index (χ0v) is 7.68. The van der Waals surface area contributed by atoms with Crippen LogP contribution in [0.1, 0.15) is 5.56 Å². The van der Waals surface area contributed by atoms with E-state index in [2.05, 4.69) is 4.74 Å². The van der Waals surface area contributed by atoms with Gasteiger partial charge in [0.25, 0.3) is 0 Å². The van der Waals surface area contributed by atoms with Crippen LogP contribution in [0.15, 0.2) is 6.07 Å². The Morgan fingerprint density at radius 3 is 2.40 bits per heavy atom. The molecule has 0 spiro atoms. The third kappa shape index (κ3) is 2.20. The second-order valence-corrected chi connectivity index (χ2v) is 2.75. The van der Waals surface area contributed by atoms with E-state index in [0.29, 0.717) is 0 Å². The van der Waals surface area contributed by atoms with Crippen LogP contribution in [0.2, 0.25) is 0 Å². The second-order valence-electron chi connectivity index (χ2n) is 2.75. The number of carboxylic acid groups (broad SMARTS) is 1. The second kappa shape index (κ2) is 4.20. The van der Waals surface area contributed by atoms with Gasteiger partial charge in [0.1, 0.15) is 0 Å². The number of methoxy groups -OCH3 is 1. The molecule has 1 rings (SSSR count). The summed E-state index contributed by atoms with van der Waals surface area (Å²) in [6.45, 7) is 0. The Hall–Kier alpha value is -1.72. The first-order chi connectivity index (χ1) is 6.97. The molecule has 0 unspecified atom stereocenters. The first-order valence-electron chi connectivity index (χ1n) is 3.89. The highest BCUT2D eigenvalue weighted by atomic mass is 19.2. The standard InChI is InChI=1S/C9H7F3O3/c1-15-5-2-4(3-6(13)14)7(10)9(12)8(5)11/h2H,3H2,1H3,(H,13,14). The molecule has 0 saturated heterocycles. The van der Waals surface area contributed by atoms with E-state index in [1.54, 1.807) is 0 Å². The van der Waals surface area contributed by atoms with Crippen LogP contribution in [0.3, 0.4) is 0 Å². The highest BCUT2D eigenvalue weighted by Gasteiger charge is 2.20. The molecule has 0 aliphatic carbocycles. The van der Waals surface area contributed by atoms with E-state index in [1.807, 2.05) is 0 Å². The van der Waals surface area contributed by atoms with Crippen LogP contribution in [0.4, 0.5) is 13.2 Å². The van der Waals surface area contributed by atoms with E-state index >= 15 is 0 Å². The molecule has 3 nitrogen and oxygen atoms in total. The fourth-order valence-electron chi connectivity index (χ4n) is 1.07. The Balaban J connectivity index is 3.28. The number of aliphatic carboxylic acids is 1. The molecule has 0 heterocycles. The monoisotopic (exact) mass is 220 g/mol. The lowest BCUT2D eigenvalue weighted by Gasteiger charge is -2.07. The van der Waals surface area contributed by atoms with Crippen molar-refractivity contribution in [1.82, 2.24) is 0 Å². The molecule has 0 amide bonds. The van der Waals surface area contributed by atoms with Gasteiger partial charge in [0, 0.05) is 5.56 Å². The molecule has 0 saturated carbocycles. The zero-order chi connectivity index (χ0) is 11.6. The Morgan fingerprint density at radius 2 is 1.93 bits per heavy atom. The largest absolute Gasteiger partial charge is 0.494 e. The fraction of sp³-hybridized carbons (Fsp3) is 0.222. The lowest BCUT2D eigenvalue weighted by Crippen LogP contribution is -2.06. The molecule has 1 aromatic rings. The van der Waals surface area contributed by atoms with Gasteiger partial charge in [0.05, 0.1) is 13.5 Å². The van der Waals surface area contributed by atoms with Crippen molar-refractivity contribution < 1.29 is 27.8 Å². The first kappa shape index (κ1) is 11.4. The van der Waals surface area contributed by atoms with Crippen LogP contribution >= 0.6 is 0 Å². The van der Waals surface area contributed by atoms with Crippen molar-refractivity contribution in [1.29, 1.82) is 0 Å². The predicted octanol–water partition coefficient (Wildman–Crippen LogP) is 1.74. The molecule has 0 aromatic heterocycles. The van der Waals surface area contributed by atoms with Crippen molar-refractivity contribution in [3.05, 3.63) is 29.1 Å². The average molecular weight is 220 g/mol. The summed E-state index contributed by atoms with van der Waals surface area (Å²) in [5.74, 6) is -6.57. The van der Waals surface area contributed by atoms with Gasteiger partial charge < -0.3 is 9.84 Å². The minimum atomic E-state index is -1.73. The van der Waals surface area contributed by atoms with E-state index in [9.17, 15) is 18.0 Å². The van der Waals surface area contributed by atoms with E-state index in [-0.39, 0.29) is 0 Å². The van der Waals surface area contributed by atoms with Gasteiger partial charge in [-0.2, -0.15) is 4.39 Å². The lowest BCUT2D eigenvalue weighted by molar-refractivity contribution is -0.136. The minimum absolute atomic E-state index is 0.460. The molecule has 0 aliphatic rings. The molecule has 0 radical (unpaired) electrons. The van der Waals surface area contributed by atoms with Gasteiger partial charge in [-0.15, -0.1) is 0 Å². The SMILES string of the molecule is COc1cc(CC(=O)O)c(F)c(F)c1F. The summed E-state index contributed by atoms with van der Waals surface area (Å²) in [4.78, 5) is 10.3. The molecular weight excluding hydrogens is 213 g/mol. The summed E-state index contributed by atoms with van der Waals surface area (Å²) in [7, 11) is 1.07. The highest BCUT2D eigenvalue weighted by Crippen LogP contribution is 2.25. The number of ether oxygens (including phenoxy) is 1. The van der Waals surface area contributed by atoms with Gasteiger partial charge in [-0.1, -0.05) is 0 Å². The number of halogens is 3. The predicted molar refractivity (Wildman–Crippen MR) is 44.2 cm³/mol. The van der Waals surface area contributed by atoms with E-state index in [4.69, 9.17) is 5.11 Å². The summed E-state index contributed by atoms with van der Waals surface area (Å²) in [5, 5.41) is 8.39. The summed E-state index contributed by atoms with van der Waals surface area (Å²) >= 11 is 0. The summed E-state index contributed by atoms with van der Waals surface area (Å²) in [5.41, 5.74) is -0.460. The van der Waals surface area contributed by atoms with E-state index in [1.165, 1.54) is 0 Å². The minimum Gasteiger partial charge on any atom is -0.494 e. The van der Waals surface area contributed by atoms with Crippen molar-refractivity contribution >= 4 is 5.97 Å². The van der Waals surface area contributed by atoms with Gasteiger partial charge in [-0.05, 0) is 6.07 Å². The first-order valence-corrected chi connectivity index (χ1v) is 3.89. The third-order valence-corrected chi connectivity index (χ3v) is 1.75. The molecule has 0 fully saturated rings. The Bertz CT molecular complexity index is 404. The maximum absolute atomic E-state index is 13.0. The molecule has 6 heteroatoms. The number of rotatable bonds is 3. The van der Waals surface area contributed by atoms with Crippen molar-refractivity contribution in [2.75, 3.05) is 7.11 Å². The smallest absolute Gasteiger partial charge is 0.307 e. The summed E-state index contributed by atoms with van der Waals surface area (Å²) < 4.78 is 43.2. The Labute approximate surface area is 83.1 Å². The van der Waals surface area contributed by atoms with E-state index < -0.39 is 41.2 Å². The van der Waals surface area contributed by atoms with Crippen LogP contribution in [-0.4, -0.2) is 18.2 Å². The molecule has 1 N–H and O–H groups in total. The van der Waals surface area contributed by atoms with Crippen molar-refractivity contribution in [3.63, 3.8) is 0 Å². The molecule has 1 aromatic carbocycles. The Kier molecular flexibility index (Phi) is 3.18. The van der Waals surface area contributed by atoms with Crippen LogP contribution < -0.4 is 4.74 Å². The number of hydrogen-bond acceptors (Lipinski definition) is 2. The number of carboxylic acids is 1. The quantitative estimate of drug-likeness (QED) is 0.789. The maximum atomic E-state index is 13.0. The van der Waals surface area contributed by atoms with Gasteiger partial charge >= 0.3 is 5.97 Å². The van der Waals surface area contributed by atoms with Gasteiger partial charge in [-0.3, -0.25) is 4.79 Å². The van der Waals surface area contributed by atoms with Crippen LogP contribution in [0.5, 0.6) is 5.75 Å². The van der Waals surface area contributed by atoms with Crippen molar-refractivity contribution in [3.8, 4) is 5.75 Å². The molecule has 0 atom stereocenters. The zero-order valence-electron chi connectivity index (χ0n) is 7.68. The maximum Gasteiger partial charge on any atom is 0.307 e. The highest BCUT2D eigenvalue weighted by molar-refractivity contribution is 5.70. The van der Waals surface area contributed by atoms with Crippen LogP contribution in [-0.2, 0) is 11.2 Å². The van der Waals surface area contributed by atoms with Gasteiger partial charge in [-0.25, -0.2) is 8.78 Å². The normalized spacial score (nSPS) is 10.1. The van der Waals surface area contributed by atoms with Crippen molar-refractivity contribution in [2.24, 2.45) is 0 Å². The van der Waals surface area contributed by atoms with Crippen LogP contribution in [0, 0.1) is 17.5 Å². The topological polar surface area (TPSA) is 46.5 Å². The number of hydrogen-bond donors (Lipinski definition) is 1. The van der Waals surface area contributed by atoms with Gasteiger partial charge in [0.15, 0.2) is 17.4 Å². The van der Waals surface area contributed by atoms with Crippen molar-refractivity contribution in [2.45, 2.75) is 6.42 Å².